The lowest BCUT2D eigenvalue weighted by Crippen LogP contribution is -2.23. The third-order valence-corrected chi connectivity index (χ3v) is 3.59. The fraction of sp³-hybridized carbons (Fsp3) is 0.636. The Labute approximate surface area is 104 Å². The first-order chi connectivity index (χ1) is 7.18. The van der Waals surface area contributed by atoms with Crippen molar-refractivity contribution >= 4 is 27.3 Å². The van der Waals surface area contributed by atoms with E-state index in [4.69, 9.17) is 4.74 Å². The molecule has 0 unspecified atom stereocenters. The Bertz CT molecular complexity index is 275. The highest BCUT2D eigenvalue weighted by molar-refractivity contribution is 9.11. The van der Waals surface area contributed by atoms with Crippen LogP contribution in [-0.4, -0.2) is 25.8 Å². The summed E-state index contributed by atoms with van der Waals surface area (Å²) in [6.45, 7) is 6.87. The van der Waals surface area contributed by atoms with Gasteiger partial charge in [-0.3, -0.25) is 0 Å². The Morgan fingerprint density at radius 2 is 2.20 bits per heavy atom. The van der Waals surface area contributed by atoms with E-state index in [1.807, 2.05) is 0 Å². The molecule has 1 aromatic rings. The van der Waals surface area contributed by atoms with Gasteiger partial charge in [-0.05, 0) is 48.3 Å². The van der Waals surface area contributed by atoms with Crippen molar-refractivity contribution in [3.8, 4) is 0 Å². The highest BCUT2D eigenvalue weighted by Crippen LogP contribution is 2.21. The van der Waals surface area contributed by atoms with Crippen LogP contribution in [0.4, 0.5) is 0 Å². The fourth-order valence-electron chi connectivity index (χ4n) is 1.19. The van der Waals surface area contributed by atoms with Crippen LogP contribution in [0, 0.1) is 0 Å². The number of thiophene rings is 1. The van der Waals surface area contributed by atoms with Gasteiger partial charge < -0.3 is 10.1 Å². The maximum atomic E-state index is 5.43. The van der Waals surface area contributed by atoms with E-state index in [1.165, 1.54) is 8.66 Å². The molecule has 2 nitrogen and oxygen atoms in total. The first-order valence-electron chi connectivity index (χ1n) is 5.25. The number of hydrogen-bond donors (Lipinski definition) is 1. The summed E-state index contributed by atoms with van der Waals surface area (Å²) in [5.74, 6) is 0. The van der Waals surface area contributed by atoms with Crippen molar-refractivity contribution in [2.75, 3.05) is 19.7 Å². The normalized spacial score (nSPS) is 11.2. The topological polar surface area (TPSA) is 21.3 Å². The van der Waals surface area contributed by atoms with E-state index in [2.05, 4.69) is 47.2 Å². The number of ether oxygens (including phenoxy) is 1. The zero-order valence-electron chi connectivity index (χ0n) is 9.25. The van der Waals surface area contributed by atoms with Crippen LogP contribution >= 0.6 is 27.3 Å². The van der Waals surface area contributed by atoms with Crippen molar-refractivity contribution in [2.45, 2.75) is 26.4 Å². The molecule has 1 aromatic heterocycles. The van der Waals surface area contributed by atoms with Gasteiger partial charge in [-0.1, -0.05) is 0 Å². The van der Waals surface area contributed by atoms with Gasteiger partial charge in [0.15, 0.2) is 0 Å². The summed E-state index contributed by atoms with van der Waals surface area (Å²) >= 11 is 5.26. The molecule has 0 amide bonds. The smallest absolute Gasteiger partial charge is 0.0701 e. The zero-order valence-corrected chi connectivity index (χ0v) is 11.7. The Hall–Kier alpha value is 0.1000. The van der Waals surface area contributed by atoms with Gasteiger partial charge in [0, 0.05) is 18.0 Å². The van der Waals surface area contributed by atoms with Crippen LogP contribution in [0.3, 0.4) is 0 Å². The lowest BCUT2D eigenvalue weighted by atomic mass is 10.3. The lowest BCUT2D eigenvalue weighted by Gasteiger charge is -2.07. The van der Waals surface area contributed by atoms with Crippen LogP contribution in [-0.2, 0) is 11.2 Å². The number of nitrogens with one attached hydrogen (secondary N) is 1. The van der Waals surface area contributed by atoms with Crippen molar-refractivity contribution < 1.29 is 4.74 Å². The van der Waals surface area contributed by atoms with Gasteiger partial charge >= 0.3 is 0 Å². The number of rotatable bonds is 7. The Morgan fingerprint density at radius 1 is 1.40 bits per heavy atom. The number of hydrogen-bond acceptors (Lipinski definition) is 3. The van der Waals surface area contributed by atoms with Crippen LogP contribution in [0.15, 0.2) is 15.9 Å². The van der Waals surface area contributed by atoms with Crippen LogP contribution < -0.4 is 5.32 Å². The third kappa shape index (κ3) is 6.30. The molecule has 0 radical (unpaired) electrons. The summed E-state index contributed by atoms with van der Waals surface area (Å²) in [6.07, 6.45) is 1.43. The summed E-state index contributed by atoms with van der Waals surface area (Å²) in [6, 6.07) is 4.27. The van der Waals surface area contributed by atoms with Crippen molar-refractivity contribution in [3.05, 3.63) is 20.8 Å². The zero-order chi connectivity index (χ0) is 11.1. The fourth-order valence-corrected chi connectivity index (χ4v) is 2.67. The van der Waals surface area contributed by atoms with Crippen LogP contribution in [0.5, 0.6) is 0 Å². The molecule has 1 heterocycles. The van der Waals surface area contributed by atoms with Crippen molar-refractivity contribution in [3.63, 3.8) is 0 Å². The molecule has 0 aliphatic carbocycles. The quantitative estimate of drug-likeness (QED) is 0.780. The molecule has 86 valence electrons. The van der Waals surface area contributed by atoms with Gasteiger partial charge in [-0.15, -0.1) is 11.3 Å². The van der Waals surface area contributed by atoms with E-state index in [9.17, 15) is 0 Å². The molecular formula is C11H18BrNOS. The molecule has 15 heavy (non-hydrogen) atoms. The molecule has 0 aliphatic rings. The maximum Gasteiger partial charge on any atom is 0.0701 e. The molecule has 0 saturated carbocycles. The van der Waals surface area contributed by atoms with Gasteiger partial charge in [0.05, 0.1) is 16.5 Å². The average Bonchev–Trinajstić information content (AvgIpc) is 2.57. The number of halogens is 1. The molecule has 0 bridgehead atoms. The minimum absolute atomic E-state index is 0.333. The molecule has 0 aromatic carbocycles. The second-order valence-corrected chi connectivity index (χ2v) is 6.17. The molecule has 4 heteroatoms. The van der Waals surface area contributed by atoms with Gasteiger partial charge in [-0.25, -0.2) is 0 Å². The second-order valence-electron chi connectivity index (χ2n) is 3.63. The molecule has 0 saturated heterocycles. The summed E-state index contributed by atoms with van der Waals surface area (Å²) in [4.78, 5) is 1.42. The van der Waals surface area contributed by atoms with Crippen molar-refractivity contribution in [2.24, 2.45) is 0 Å². The largest absolute Gasteiger partial charge is 0.377 e. The summed E-state index contributed by atoms with van der Waals surface area (Å²) in [5, 5.41) is 3.36. The predicted molar refractivity (Wildman–Crippen MR) is 69.7 cm³/mol. The third-order valence-electron chi connectivity index (χ3n) is 1.91. The molecular weight excluding hydrogens is 274 g/mol. The Morgan fingerprint density at radius 3 is 2.80 bits per heavy atom. The molecule has 0 spiro atoms. The molecule has 1 rings (SSSR count). The molecule has 0 fully saturated rings. The highest BCUT2D eigenvalue weighted by Gasteiger charge is 1.97. The minimum atomic E-state index is 0.333. The molecule has 0 atom stereocenters. The van der Waals surface area contributed by atoms with Crippen LogP contribution in [0.1, 0.15) is 18.7 Å². The van der Waals surface area contributed by atoms with E-state index in [0.29, 0.717) is 6.10 Å². The molecule has 0 aliphatic heterocycles. The Balaban J connectivity index is 1.98. The predicted octanol–water partition coefficient (Wildman–Crippen LogP) is 3.07. The van der Waals surface area contributed by atoms with E-state index >= 15 is 0 Å². The first-order valence-corrected chi connectivity index (χ1v) is 6.86. The monoisotopic (exact) mass is 291 g/mol. The lowest BCUT2D eigenvalue weighted by molar-refractivity contribution is 0.0810. The summed E-state index contributed by atoms with van der Waals surface area (Å²) < 4.78 is 6.64. The summed E-state index contributed by atoms with van der Waals surface area (Å²) in [5.41, 5.74) is 0. The Kier molecular flexibility index (Phi) is 6.48. The van der Waals surface area contributed by atoms with Crippen LogP contribution in [0.25, 0.3) is 0 Å². The summed E-state index contributed by atoms with van der Waals surface area (Å²) in [7, 11) is 0. The second kappa shape index (κ2) is 7.39. The van der Waals surface area contributed by atoms with E-state index in [-0.39, 0.29) is 0 Å². The van der Waals surface area contributed by atoms with E-state index < -0.39 is 0 Å². The van der Waals surface area contributed by atoms with Gasteiger partial charge in [0.2, 0.25) is 0 Å². The average molecular weight is 292 g/mol. The van der Waals surface area contributed by atoms with Gasteiger partial charge in [0.25, 0.3) is 0 Å². The SMILES string of the molecule is CC(C)OCCNCCc1ccc(Br)s1. The standard InChI is InChI=1S/C11H18BrNOS/c1-9(2)14-8-7-13-6-5-10-3-4-11(12)15-10/h3-4,9,13H,5-8H2,1-2H3. The van der Waals surface area contributed by atoms with E-state index in [1.54, 1.807) is 11.3 Å². The minimum Gasteiger partial charge on any atom is -0.377 e. The molecule has 1 N–H and O–H groups in total. The first kappa shape index (κ1) is 13.2. The van der Waals surface area contributed by atoms with E-state index in [0.717, 1.165) is 26.1 Å². The van der Waals surface area contributed by atoms with Gasteiger partial charge in [-0.2, -0.15) is 0 Å². The van der Waals surface area contributed by atoms with Crippen molar-refractivity contribution in [1.82, 2.24) is 5.32 Å². The van der Waals surface area contributed by atoms with Crippen LogP contribution in [0.2, 0.25) is 0 Å². The highest BCUT2D eigenvalue weighted by atomic mass is 79.9. The van der Waals surface area contributed by atoms with Gasteiger partial charge in [0.1, 0.15) is 0 Å². The van der Waals surface area contributed by atoms with Crippen molar-refractivity contribution in [1.29, 1.82) is 0 Å². The maximum absolute atomic E-state index is 5.43.